The number of amides is 1. The van der Waals surface area contributed by atoms with E-state index in [2.05, 4.69) is 5.32 Å². The first-order valence-corrected chi connectivity index (χ1v) is 11.2. The molecule has 9 heteroatoms. The zero-order valence-electron chi connectivity index (χ0n) is 20.4. The summed E-state index contributed by atoms with van der Waals surface area (Å²) in [5.74, 6) is 0.849. The number of carbonyl (C=O) groups is 2. The molecule has 1 atom stereocenters. The molecule has 1 amide bonds. The third-order valence-electron chi connectivity index (χ3n) is 5.57. The Morgan fingerprint density at radius 1 is 0.972 bits per heavy atom. The van der Waals surface area contributed by atoms with Crippen LogP contribution in [0.4, 0.5) is 0 Å². The normalized spacial score (nSPS) is 11.6. The summed E-state index contributed by atoms with van der Waals surface area (Å²) in [7, 11) is 4.57. The smallest absolute Gasteiger partial charge is 0.339 e. The number of pyridine rings is 1. The highest BCUT2D eigenvalue weighted by Crippen LogP contribution is 2.41. The molecule has 4 rings (SSSR count). The van der Waals surface area contributed by atoms with Crippen LogP contribution in [-0.4, -0.2) is 44.3 Å². The monoisotopic (exact) mass is 490 g/mol. The van der Waals surface area contributed by atoms with Crippen LogP contribution in [0, 0.1) is 0 Å². The fourth-order valence-corrected chi connectivity index (χ4v) is 3.73. The summed E-state index contributed by atoms with van der Waals surface area (Å²) in [6, 6.07) is 15.8. The van der Waals surface area contributed by atoms with Gasteiger partial charge in [0.25, 0.3) is 5.91 Å². The maximum Gasteiger partial charge on any atom is 0.339 e. The Bertz CT molecular complexity index is 1360. The molecule has 186 valence electrons. The standard InChI is InChI=1S/C27H26N2O7/c1-16(26(30)28-15-18-8-7-11-35-18)36-27(31)20-14-22(29-21-10-6-5-9-19(20)21)17-12-23(32-2)25(34-4)24(13-17)33-3/h5-14,16H,15H2,1-4H3,(H,28,30). The number of hydrogen-bond acceptors (Lipinski definition) is 8. The first kappa shape index (κ1) is 24.6. The lowest BCUT2D eigenvalue weighted by Gasteiger charge is -2.16. The van der Waals surface area contributed by atoms with Crippen LogP contribution in [0.15, 0.2) is 65.3 Å². The molecule has 0 bridgehead atoms. The van der Waals surface area contributed by atoms with Crippen LogP contribution in [0.2, 0.25) is 0 Å². The van der Waals surface area contributed by atoms with E-state index < -0.39 is 18.0 Å². The van der Waals surface area contributed by atoms with Gasteiger partial charge in [0.1, 0.15) is 5.76 Å². The number of nitrogens with zero attached hydrogens (tertiary/aromatic N) is 1. The molecule has 2 aromatic heterocycles. The summed E-state index contributed by atoms with van der Waals surface area (Å²) in [6.45, 7) is 1.70. The van der Waals surface area contributed by atoms with E-state index in [0.29, 0.717) is 45.2 Å². The molecule has 0 fully saturated rings. The second kappa shape index (κ2) is 10.8. The number of fused-ring (bicyclic) bond motifs is 1. The molecular weight excluding hydrogens is 464 g/mol. The number of rotatable bonds is 9. The van der Waals surface area contributed by atoms with Gasteiger partial charge in [0, 0.05) is 10.9 Å². The van der Waals surface area contributed by atoms with E-state index in [1.165, 1.54) is 34.5 Å². The summed E-state index contributed by atoms with van der Waals surface area (Å²) in [5, 5.41) is 3.29. The highest BCUT2D eigenvalue weighted by atomic mass is 16.5. The van der Waals surface area contributed by atoms with Crippen LogP contribution in [0.3, 0.4) is 0 Å². The van der Waals surface area contributed by atoms with Gasteiger partial charge in [-0.05, 0) is 43.3 Å². The lowest BCUT2D eigenvalue weighted by molar-refractivity contribution is -0.129. The molecule has 0 aliphatic rings. The maximum atomic E-state index is 13.2. The number of furan rings is 1. The Labute approximate surface area is 207 Å². The average Bonchev–Trinajstić information content (AvgIpc) is 3.43. The van der Waals surface area contributed by atoms with Crippen molar-refractivity contribution in [1.82, 2.24) is 10.3 Å². The van der Waals surface area contributed by atoms with Gasteiger partial charge in [-0.2, -0.15) is 0 Å². The average molecular weight is 491 g/mol. The lowest BCUT2D eigenvalue weighted by atomic mass is 10.0. The molecule has 0 aliphatic heterocycles. The Hall–Kier alpha value is -4.53. The second-order valence-electron chi connectivity index (χ2n) is 7.83. The molecule has 0 saturated heterocycles. The Balaban J connectivity index is 1.66. The predicted molar refractivity (Wildman–Crippen MR) is 132 cm³/mol. The quantitative estimate of drug-likeness (QED) is 0.344. The number of hydrogen-bond donors (Lipinski definition) is 1. The minimum atomic E-state index is -1.02. The van der Waals surface area contributed by atoms with E-state index in [-0.39, 0.29) is 12.1 Å². The topological polar surface area (TPSA) is 109 Å². The van der Waals surface area contributed by atoms with Crippen molar-refractivity contribution in [1.29, 1.82) is 0 Å². The van der Waals surface area contributed by atoms with Gasteiger partial charge in [0.15, 0.2) is 17.6 Å². The van der Waals surface area contributed by atoms with E-state index in [0.717, 1.165) is 0 Å². The summed E-state index contributed by atoms with van der Waals surface area (Å²) >= 11 is 0. The van der Waals surface area contributed by atoms with Crippen molar-refractivity contribution in [2.45, 2.75) is 19.6 Å². The molecule has 0 aliphatic carbocycles. The van der Waals surface area contributed by atoms with E-state index in [9.17, 15) is 9.59 Å². The molecule has 0 saturated carbocycles. The summed E-state index contributed by atoms with van der Waals surface area (Å²) in [6.07, 6.45) is 0.495. The van der Waals surface area contributed by atoms with Crippen molar-refractivity contribution in [2.24, 2.45) is 0 Å². The molecule has 1 N–H and O–H groups in total. The molecule has 9 nitrogen and oxygen atoms in total. The lowest BCUT2D eigenvalue weighted by Crippen LogP contribution is -2.35. The van der Waals surface area contributed by atoms with Gasteiger partial charge < -0.3 is 28.7 Å². The van der Waals surface area contributed by atoms with Gasteiger partial charge in [-0.3, -0.25) is 4.79 Å². The van der Waals surface area contributed by atoms with Crippen LogP contribution in [0.25, 0.3) is 22.2 Å². The van der Waals surface area contributed by atoms with Crippen LogP contribution in [-0.2, 0) is 16.1 Å². The van der Waals surface area contributed by atoms with Crippen LogP contribution < -0.4 is 19.5 Å². The largest absolute Gasteiger partial charge is 0.493 e. The Morgan fingerprint density at radius 3 is 2.33 bits per heavy atom. The van der Waals surface area contributed by atoms with Gasteiger partial charge in [0.2, 0.25) is 5.75 Å². The number of para-hydroxylation sites is 1. The maximum absolute atomic E-state index is 13.2. The summed E-state index contributed by atoms with van der Waals surface area (Å²) in [4.78, 5) is 30.4. The zero-order chi connectivity index (χ0) is 25.7. The fourth-order valence-electron chi connectivity index (χ4n) is 3.73. The van der Waals surface area contributed by atoms with E-state index in [1.54, 1.807) is 48.5 Å². The van der Waals surface area contributed by atoms with Gasteiger partial charge in [-0.1, -0.05) is 18.2 Å². The van der Waals surface area contributed by atoms with Crippen molar-refractivity contribution < 1.29 is 33.0 Å². The van der Waals surface area contributed by atoms with E-state index in [1.807, 2.05) is 6.07 Å². The second-order valence-corrected chi connectivity index (χ2v) is 7.83. The van der Waals surface area contributed by atoms with Gasteiger partial charge >= 0.3 is 5.97 Å². The Kier molecular flexibility index (Phi) is 7.39. The van der Waals surface area contributed by atoms with Crippen LogP contribution in [0.5, 0.6) is 17.2 Å². The van der Waals surface area contributed by atoms with E-state index >= 15 is 0 Å². The molecule has 4 aromatic rings. The van der Waals surface area contributed by atoms with Crippen LogP contribution >= 0.6 is 0 Å². The number of nitrogens with one attached hydrogen (secondary N) is 1. The molecule has 36 heavy (non-hydrogen) atoms. The van der Waals surface area contributed by atoms with Crippen LogP contribution in [0.1, 0.15) is 23.0 Å². The van der Waals surface area contributed by atoms with E-state index in [4.69, 9.17) is 28.3 Å². The van der Waals surface area contributed by atoms with Crippen molar-refractivity contribution >= 4 is 22.8 Å². The highest BCUT2D eigenvalue weighted by molar-refractivity contribution is 6.05. The summed E-state index contributed by atoms with van der Waals surface area (Å²) < 4.78 is 27.0. The number of ether oxygens (including phenoxy) is 4. The van der Waals surface area contributed by atoms with Crippen molar-refractivity contribution in [3.05, 3.63) is 72.2 Å². The van der Waals surface area contributed by atoms with Crippen molar-refractivity contribution in [3.8, 4) is 28.5 Å². The predicted octanol–water partition coefficient (Wildman–Crippen LogP) is 4.38. The third kappa shape index (κ3) is 5.10. The number of methoxy groups -OCH3 is 3. The molecular formula is C27H26N2O7. The number of esters is 1. The number of aromatic nitrogens is 1. The van der Waals surface area contributed by atoms with Crippen molar-refractivity contribution in [2.75, 3.05) is 21.3 Å². The van der Waals surface area contributed by atoms with Gasteiger partial charge in [0.05, 0.1) is 50.9 Å². The van der Waals surface area contributed by atoms with Gasteiger partial charge in [-0.15, -0.1) is 0 Å². The third-order valence-corrected chi connectivity index (χ3v) is 5.57. The van der Waals surface area contributed by atoms with Crippen molar-refractivity contribution in [3.63, 3.8) is 0 Å². The first-order valence-electron chi connectivity index (χ1n) is 11.2. The SMILES string of the molecule is COc1cc(-c2cc(C(=O)OC(C)C(=O)NCc3ccco3)c3ccccc3n2)cc(OC)c1OC. The Morgan fingerprint density at radius 2 is 1.69 bits per heavy atom. The minimum Gasteiger partial charge on any atom is -0.493 e. The molecule has 2 aromatic carbocycles. The highest BCUT2D eigenvalue weighted by Gasteiger charge is 2.23. The molecule has 2 heterocycles. The number of carbonyl (C=O) groups excluding carboxylic acids is 2. The number of benzene rings is 2. The minimum absolute atomic E-state index is 0.192. The molecule has 1 unspecified atom stereocenters. The molecule has 0 radical (unpaired) electrons. The fraction of sp³-hybridized carbons (Fsp3) is 0.222. The zero-order valence-corrected chi connectivity index (χ0v) is 20.4. The summed E-state index contributed by atoms with van der Waals surface area (Å²) in [5.41, 5.74) is 2.00. The van der Waals surface area contributed by atoms with Gasteiger partial charge in [-0.25, -0.2) is 9.78 Å². The first-order chi connectivity index (χ1) is 17.4. The molecule has 0 spiro atoms.